The van der Waals surface area contributed by atoms with E-state index in [1.807, 2.05) is 0 Å². The van der Waals surface area contributed by atoms with Crippen molar-refractivity contribution in [1.29, 1.82) is 0 Å². The van der Waals surface area contributed by atoms with E-state index in [0.717, 1.165) is 13.1 Å². The Hall–Kier alpha value is 0.100. The third-order valence-corrected chi connectivity index (χ3v) is 4.33. The second-order valence-electron chi connectivity index (χ2n) is 4.08. The fourth-order valence-corrected chi connectivity index (χ4v) is 2.91. The lowest BCUT2D eigenvalue weighted by Gasteiger charge is -2.38. The monoisotopic (exact) mass is 274 g/mol. The first-order valence-electron chi connectivity index (χ1n) is 4.90. The molecule has 14 heavy (non-hydrogen) atoms. The Morgan fingerprint density at radius 1 is 1.57 bits per heavy atom. The van der Waals surface area contributed by atoms with E-state index in [2.05, 4.69) is 32.7 Å². The van der Waals surface area contributed by atoms with Crippen LogP contribution in [0.1, 0.15) is 24.8 Å². The van der Waals surface area contributed by atoms with E-state index in [1.54, 1.807) is 11.3 Å². The SMILES string of the molecule is NC1(CNCc2csc(Br)c2)CCC1. The van der Waals surface area contributed by atoms with Gasteiger partial charge < -0.3 is 11.1 Å². The van der Waals surface area contributed by atoms with Crippen molar-refractivity contribution in [2.45, 2.75) is 31.3 Å². The summed E-state index contributed by atoms with van der Waals surface area (Å²) in [5.74, 6) is 0. The molecule has 0 saturated heterocycles. The van der Waals surface area contributed by atoms with Gasteiger partial charge in [-0.1, -0.05) is 0 Å². The Morgan fingerprint density at radius 2 is 2.36 bits per heavy atom. The van der Waals surface area contributed by atoms with Crippen LogP contribution >= 0.6 is 27.3 Å². The Labute approximate surface area is 97.0 Å². The van der Waals surface area contributed by atoms with Gasteiger partial charge in [-0.25, -0.2) is 0 Å². The molecule has 4 heteroatoms. The van der Waals surface area contributed by atoms with E-state index in [4.69, 9.17) is 5.73 Å². The molecule has 1 aliphatic carbocycles. The van der Waals surface area contributed by atoms with Crippen molar-refractivity contribution in [2.75, 3.05) is 6.54 Å². The number of halogens is 1. The van der Waals surface area contributed by atoms with Crippen LogP contribution in [0.2, 0.25) is 0 Å². The molecule has 0 aromatic carbocycles. The van der Waals surface area contributed by atoms with Crippen molar-refractivity contribution in [3.8, 4) is 0 Å². The maximum Gasteiger partial charge on any atom is 0.0701 e. The molecule has 0 spiro atoms. The number of rotatable bonds is 4. The second-order valence-corrected chi connectivity index (χ2v) is 6.37. The van der Waals surface area contributed by atoms with Gasteiger partial charge in [-0.2, -0.15) is 0 Å². The topological polar surface area (TPSA) is 38.0 Å². The van der Waals surface area contributed by atoms with Gasteiger partial charge in [0.25, 0.3) is 0 Å². The Bertz CT molecular complexity index is 307. The first kappa shape index (κ1) is 10.6. The summed E-state index contributed by atoms with van der Waals surface area (Å²) in [5, 5.41) is 5.59. The average molecular weight is 275 g/mol. The zero-order valence-electron chi connectivity index (χ0n) is 8.05. The molecule has 2 rings (SSSR count). The van der Waals surface area contributed by atoms with Crippen LogP contribution in [0.25, 0.3) is 0 Å². The van der Waals surface area contributed by atoms with Crippen molar-refractivity contribution in [3.05, 3.63) is 20.8 Å². The summed E-state index contributed by atoms with van der Waals surface area (Å²) in [6.07, 6.45) is 3.64. The summed E-state index contributed by atoms with van der Waals surface area (Å²) in [6.45, 7) is 1.88. The molecule has 0 bridgehead atoms. The Morgan fingerprint density at radius 3 is 2.86 bits per heavy atom. The third kappa shape index (κ3) is 2.57. The predicted octanol–water partition coefficient (Wildman–Crippen LogP) is 2.48. The summed E-state index contributed by atoms with van der Waals surface area (Å²) in [5.41, 5.74) is 7.53. The summed E-state index contributed by atoms with van der Waals surface area (Å²) in [6, 6.07) is 2.15. The number of nitrogens with two attached hydrogens (primary N) is 1. The molecule has 1 aromatic heterocycles. The zero-order chi connectivity index (χ0) is 10.0. The molecule has 1 saturated carbocycles. The van der Waals surface area contributed by atoms with Crippen molar-refractivity contribution < 1.29 is 0 Å². The summed E-state index contributed by atoms with van der Waals surface area (Å²) < 4.78 is 1.19. The smallest absolute Gasteiger partial charge is 0.0701 e. The largest absolute Gasteiger partial charge is 0.324 e. The quantitative estimate of drug-likeness (QED) is 0.886. The van der Waals surface area contributed by atoms with E-state index >= 15 is 0 Å². The third-order valence-electron chi connectivity index (χ3n) is 2.78. The second kappa shape index (κ2) is 4.31. The Kier molecular flexibility index (Phi) is 3.27. The maximum atomic E-state index is 6.10. The number of hydrogen-bond donors (Lipinski definition) is 2. The van der Waals surface area contributed by atoms with Gasteiger partial charge in [-0.3, -0.25) is 0 Å². The van der Waals surface area contributed by atoms with E-state index in [0.29, 0.717) is 0 Å². The molecular formula is C10H15BrN2S. The van der Waals surface area contributed by atoms with Crippen molar-refractivity contribution in [2.24, 2.45) is 5.73 Å². The fraction of sp³-hybridized carbons (Fsp3) is 0.600. The molecule has 78 valence electrons. The lowest BCUT2D eigenvalue weighted by Crippen LogP contribution is -2.53. The highest BCUT2D eigenvalue weighted by molar-refractivity contribution is 9.11. The van der Waals surface area contributed by atoms with E-state index in [-0.39, 0.29) is 5.54 Å². The fourth-order valence-electron chi connectivity index (χ4n) is 1.70. The molecule has 3 N–H and O–H groups in total. The van der Waals surface area contributed by atoms with Crippen molar-refractivity contribution >= 4 is 27.3 Å². The van der Waals surface area contributed by atoms with Gasteiger partial charge in [0.2, 0.25) is 0 Å². The predicted molar refractivity (Wildman–Crippen MR) is 64.5 cm³/mol. The molecule has 1 fully saturated rings. The number of nitrogens with one attached hydrogen (secondary N) is 1. The van der Waals surface area contributed by atoms with Crippen LogP contribution in [0, 0.1) is 0 Å². The van der Waals surface area contributed by atoms with Crippen LogP contribution in [0.15, 0.2) is 15.2 Å². The van der Waals surface area contributed by atoms with E-state index < -0.39 is 0 Å². The van der Waals surface area contributed by atoms with E-state index in [9.17, 15) is 0 Å². The van der Waals surface area contributed by atoms with Crippen LogP contribution in [-0.4, -0.2) is 12.1 Å². The van der Waals surface area contributed by atoms with Crippen LogP contribution in [0.4, 0.5) is 0 Å². The molecule has 0 radical (unpaired) electrons. The van der Waals surface area contributed by atoms with Gasteiger partial charge in [0, 0.05) is 18.6 Å². The average Bonchev–Trinajstić information content (AvgIpc) is 2.49. The first-order valence-corrected chi connectivity index (χ1v) is 6.58. The van der Waals surface area contributed by atoms with Crippen molar-refractivity contribution in [1.82, 2.24) is 5.32 Å². The normalized spacial score (nSPS) is 19.3. The van der Waals surface area contributed by atoms with Gasteiger partial charge >= 0.3 is 0 Å². The molecular weight excluding hydrogens is 260 g/mol. The van der Waals surface area contributed by atoms with Gasteiger partial charge in [-0.05, 0) is 52.2 Å². The summed E-state index contributed by atoms with van der Waals surface area (Å²) in [4.78, 5) is 0. The van der Waals surface area contributed by atoms with Crippen LogP contribution < -0.4 is 11.1 Å². The molecule has 2 nitrogen and oxygen atoms in total. The minimum Gasteiger partial charge on any atom is -0.324 e. The lowest BCUT2D eigenvalue weighted by atomic mass is 9.78. The van der Waals surface area contributed by atoms with Gasteiger partial charge in [-0.15, -0.1) is 11.3 Å². The highest BCUT2D eigenvalue weighted by Crippen LogP contribution is 2.28. The van der Waals surface area contributed by atoms with Gasteiger partial charge in [0.1, 0.15) is 0 Å². The number of hydrogen-bond acceptors (Lipinski definition) is 3. The molecule has 0 aliphatic heterocycles. The molecule has 0 amide bonds. The van der Waals surface area contributed by atoms with E-state index in [1.165, 1.54) is 28.6 Å². The highest BCUT2D eigenvalue weighted by Gasteiger charge is 2.31. The van der Waals surface area contributed by atoms with Crippen LogP contribution in [0.3, 0.4) is 0 Å². The van der Waals surface area contributed by atoms with Crippen LogP contribution in [0.5, 0.6) is 0 Å². The van der Waals surface area contributed by atoms with Crippen LogP contribution in [-0.2, 0) is 6.54 Å². The summed E-state index contributed by atoms with van der Waals surface area (Å²) in [7, 11) is 0. The first-order chi connectivity index (χ1) is 6.68. The zero-order valence-corrected chi connectivity index (χ0v) is 10.5. The standard InChI is InChI=1S/C10H15BrN2S/c11-9-4-8(6-14-9)5-13-7-10(12)2-1-3-10/h4,6,13H,1-3,5,7,12H2. The van der Waals surface area contributed by atoms with Crippen molar-refractivity contribution in [3.63, 3.8) is 0 Å². The van der Waals surface area contributed by atoms with Gasteiger partial charge in [0.05, 0.1) is 3.79 Å². The lowest BCUT2D eigenvalue weighted by molar-refractivity contribution is 0.239. The van der Waals surface area contributed by atoms with Gasteiger partial charge in [0.15, 0.2) is 0 Å². The molecule has 0 atom stereocenters. The molecule has 0 unspecified atom stereocenters. The molecule has 1 heterocycles. The Balaban J connectivity index is 1.72. The maximum absolute atomic E-state index is 6.10. The minimum atomic E-state index is 0.0905. The molecule has 1 aliphatic rings. The highest BCUT2D eigenvalue weighted by atomic mass is 79.9. The molecule has 1 aromatic rings. The number of thiophene rings is 1. The minimum absolute atomic E-state index is 0.0905. The summed E-state index contributed by atoms with van der Waals surface area (Å²) >= 11 is 5.18.